The molecule has 2 aromatic rings. The molecule has 2 aromatic carbocycles. The molecule has 0 radical (unpaired) electrons. The first-order chi connectivity index (χ1) is 11.6. The van der Waals surface area contributed by atoms with Crippen LogP contribution in [0, 0.1) is 45.9 Å². The van der Waals surface area contributed by atoms with E-state index in [2.05, 4.69) is 0 Å². The van der Waals surface area contributed by atoms with Gasteiger partial charge in [0, 0.05) is 6.07 Å². The molecule has 0 aliphatic carbocycles. The van der Waals surface area contributed by atoms with Crippen LogP contribution in [0.1, 0.15) is 33.4 Å². The minimum absolute atomic E-state index is 0.0520. The summed E-state index contributed by atoms with van der Waals surface area (Å²) < 4.78 is 36.4. The Labute approximate surface area is 148 Å². The number of nitriles is 1. The van der Waals surface area contributed by atoms with Crippen LogP contribution in [0.3, 0.4) is 0 Å². The van der Waals surface area contributed by atoms with E-state index >= 15 is 0 Å². The van der Waals surface area contributed by atoms with Crippen molar-refractivity contribution in [2.24, 2.45) is 0 Å². The monoisotopic (exact) mass is 359 g/mol. The van der Waals surface area contributed by atoms with Crippen molar-refractivity contribution in [1.29, 1.82) is 5.26 Å². The third kappa shape index (κ3) is 3.33. The lowest BCUT2D eigenvalue weighted by Gasteiger charge is -2.19. The highest BCUT2D eigenvalue weighted by Crippen LogP contribution is 2.34. The van der Waals surface area contributed by atoms with Crippen molar-refractivity contribution in [1.82, 2.24) is 0 Å². The summed E-state index contributed by atoms with van der Waals surface area (Å²) >= 11 is 0. The summed E-state index contributed by atoms with van der Waals surface area (Å²) in [7, 11) is -2.66. The molecule has 0 aliphatic heterocycles. The molecule has 0 atom stereocenters. The van der Waals surface area contributed by atoms with Gasteiger partial charge in [-0.15, -0.1) is 0 Å². The average molecular weight is 359 g/mol. The number of methoxy groups -OCH3 is 1. The van der Waals surface area contributed by atoms with Gasteiger partial charge in [-0.1, -0.05) is 0 Å². The van der Waals surface area contributed by atoms with Crippen LogP contribution in [0.25, 0.3) is 0 Å². The van der Waals surface area contributed by atoms with Gasteiger partial charge in [-0.2, -0.15) is 13.7 Å². The van der Waals surface area contributed by atoms with Crippen molar-refractivity contribution in [3.05, 3.63) is 51.6 Å². The molecule has 0 saturated heterocycles. The summed E-state index contributed by atoms with van der Waals surface area (Å²) in [5, 5.41) is 8.95. The second-order valence-electron chi connectivity index (χ2n) is 5.97. The summed E-state index contributed by atoms with van der Waals surface area (Å²) in [5.74, 6) is 0.245. The number of hydrogen-bond donors (Lipinski definition) is 0. The van der Waals surface area contributed by atoms with Crippen molar-refractivity contribution in [2.45, 2.75) is 39.5 Å². The van der Waals surface area contributed by atoms with Crippen molar-refractivity contribution >= 4 is 10.1 Å². The lowest BCUT2D eigenvalue weighted by molar-refractivity contribution is 0.390. The first-order valence-electron chi connectivity index (χ1n) is 7.73. The van der Waals surface area contributed by atoms with Crippen molar-refractivity contribution in [2.75, 3.05) is 7.11 Å². The van der Waals surface area contributed by atoms with Crippen LogP contribution < -0.4 is 8.92 Å². The molecule has 0 aromatic heterocycles. The van der Waals surface area contributed by atoms with E-state index in [-0.39, 0.29) is 16.4 Å². The van der Waals surface area contributed by atoms with E-state index in [0.29, 0.717) is 16.7 Å². The normalized spacial score (nSPS) is 11.1. The Bertz CT molecular complexity index is 956. The molecule has 5 nitrogen and oxygen atoms in total. The zero-order valence-corrected chi connectivity index (χ0v) is 16.0. The van der Waals surface area contributed by atoms with Crippen molar-refractivity contribution < 1.29 is 17.3 Å². The number of nitrogens with zero attached hydrogens (tertiary/aromatic N) is 1. The highest BCUT2D eigenvalue weighted by atomic mass is 32.2. The molecule has 132 valence electrons. The van der Waals surface area contributed by atoms with Gasteiger partial charge in [0.1, 0.15) is 4.90 Å². The van der Waals surface area contributed by atoms with Gasteiger partial charge in [0.2, 0.25) is 0 Å². The fourth-order valence-corrected chi connectivity index (χ4v) is 4.32. The van der Waals surface area contributed by atoms with Gasteiger partial charge >= 0.3 is 10.1 Å². The molecular formula is C19H21NO4S. The van der Waals surface area contributed by atoms with Gasteiger partial charge in [0.05, 0.1) is 18.7 Å². The van der Waals surface area contributed by atoms with Crippen LogP contribution in [0.15, 0.2) is 23.1 Å². The second-order valence-corrected chi connectivity index (χ2v) is 7.45. The Morgan fingerprint density at radius 3 is 1.88 bits per heavy atom. The number of benzene rings is 2. The minimum Gasteiger partial charge on any atom is -0.493 e. The summed E-state index contributed by atoms with van der Waals surface area (Å²) in [5.41, 5.74) is 4.64. The van der Waals surface area contributed by atoms with Crippen LogP contribution in [0.4, 0.5) is 0 Å². The molecule has 0 N–H and O–H groups in total. The Morgan fingerprint density at radius 2 is 1.40 bits per heavy atom. The Morgan fingerprint density at radius 1 is 0.880 bits per heavy atom. The van der Waals surface area contributed by atoms with Gasteiger partial charge in [-0.25, -0.2) is 0 Å². The highest BCUT2D eigenvalue weighted by Gasteiger charge is 2.26. The maximum Gasteiger partial charge on any atom is 0.339 e. The lowest BCUT2D eigenvalue weighted by Crippen LogP contribution is -2.16. The number of hydrogen-bond acceptors (Lipinski definition) is 5. The first kappa shape index (κ1) is 18.8. The largest absolute Gasteiger partial charge is 0.493 e. The highest BCUT2D eigenvalue weighted by molar-refractivity contribution is 7.87. The van der Waals surface area contributed by atoms with Gasteiger partial charge in [-0.05, 0) is 74.6 Å². The van der Waals surface area contributed by atoms with Crippen LogP contribution in [-0.4, -0.2) is 15.5 Å². The van der Waals surface area contributed by atoms with Gasteiger partial charge < -0.3 is 8.92 Å². The third-order valence-electron chi connectivity index (χ3n) is 4.67. The second kappa shape index (κ2) is 6.77. The number of ether oxygens (including phenoxy) is 1. The van der Waals surface area contributed by atoms with E-state index in [1.807, 2.05) is 26.8 Å². The quantitative estimate of drug-likeness (QED) is 0.774. The summed E-state index contributed by atoms with van der Waals surface area (Å²) in [6, 6.07) is 6.33. The maximum absolute atomic E-state index is 12.9. The molecule has 25 heavy (non-hydrogen) atoms. The Kier molecular flexibility index (Phi) is 5.09. The average Bonchev–Trinajstić information content (AvgIpc) is 2.58. The summed E-state index contributed by atoms with van der Waals surface area (Å²) in [6.45, 7) is 9.34. The Hall–Kier alpha value is -2.52. The van der Waals surface area contributed by atoms with Crippen LogP contribution >= 0.6 is 0 Å². The standard InChI is InChI=1S/C19H21NO4S/c1-11-12(2)14(4)19(15(5)13(11)3)25(21,22)24-17-8-7-16(10-20)9-18(17)23-6/h7-9H,1-6H3. The molecule has 0 heterocycles. The molecule has 0 spiro atoms. The molecule has 0 amide bonds. The van der Waals surface area contributed by atoms with Crippen LogP contribution in [0.5, 0.6) is 11.5 Å². The molecule has 2 rings (SSSR count). The van der Waals surface area contributed by atoms with Gasteiger partial charge in [-0.3, -0.25) is 0 Å². The van der Waals surface area contributed by atoms with Crippen LogP contribution in [-0.2, 0) is 10.1 Å². The van der Waals surface area contributed by atoms with Crippen molar-refractivity contribution in [3.8, 4) is 17.6 Å². The Balaban J connectivity index is 2.61. The third-order valence-corrected chi connectivity index (χ3v) is 6.18. The maximum atomic E-state index is 12.9. The molecular weight excluding hydrogens is 338 g/mol. The molecule has 0 fully saturated rings. The summed E-state index contributed by atoms with van der Waals surface area (Å²) in [6.07, 6.45) is 0. The minimum atomic E-state index is -4.05. The fraction of sp³-hybridized carbons (Fsp3) is 0.316. The first-order valence-corrected chi connectivity index (χ1v) is 9.14. The fourth-order valence-electron chi connectivity index (χ4n) is 2.81. The van der Waals surface area contributed by atoms with Crippen molar-refractivity contribution in [3.63, 3.8) is 0 Å². The zero-order valence-electron chi connectivity index (χ0n) is 15.2. The SMILES string of the molecule is COc1cc(C#N)ccc1OS(=O)(=O)c1c(C)c(C)c(C)c(C)c1C. The van der Waals surface area contributed by atoms with E-state index in [1.165, 1.54) is 25.3 Å². The molecule has 0 aliphatic rings. The van der Waals surface area contributed by atoms with Gasteiger partial charge in [0.15, 0.2) is 11.5 Å². The predicted octanol–water partition coefficient (Wildman–Crippen LogP) is 3.88. The van der Waals surface area contributed by atoms with Gasteiger partial charge in [0.25, 0.3) is 0 Å². The number of rotatable bonds is 4. The van der Waals surface area contributed by atoms with E-state index in [9.17, 15) is 8.42 Å². The molecule has 0 bridgehead atoms. The predicted molar refractivity (Wildman–Crippen MR) is 95.6 cm³/mol. The summed E-state index contributed by atoms with van der Waals surface area (Å²) in [4.78, 5) is 0.180. The molecule has 0 unspecified atom stereocenters. The molecule has 0 saturated carbocycles. The van der Waals surface area contributed by atoms with E-state index in [1.54, 1.807) is 13.8 Å². The van der Waals surface area contributed by atoms with Crippen LogP contribution in [0.2, 0.25) is 0 Å². The topological polar surface area (TPSA) is 76.4 Å². The molecule has 6 heteroatoms. The van der Waals surface area contributed by atoms with E-state index < -0.39 is 10.1 Å². The zero-order chi connectivity index (χ0) is 18.9. The van der Waals surface area contributed by atoms with E-state index in [4.69, 9.17) is 14.2 Å². The smallest absolute Gasteiger partial charge is 0.339 e. The lowest BCUT2D eigenvalue weighted by atomic mass is 9.95. The van der Waals surface area contributed by atoms with E-state index in [0.717, 1.165) is 16.7 Å².